The van der Waals surface area contributed by atoms with Crippen molar-refractivity contribution in [2.75, 3.05) is 13.2 Å². The molecule has 5 heteroatoms. The van der Waals surface area contributed by atoms with Crippen molar-refractivity contribution in [3.63, 3.8) is 0 Å². The van der Waals surface area contributed by atoms with Crippen LogP contribution in [0.1, 0.15) is 27.2 Å². The van der Waals surface area contributed by atoms with E-state index in [-0.39, 0.29) is 24.7 Å². The average Bonchev–Trinajstić information content (AvgIpc) is 2.57. The van der Waals surface area contributed by atoms with Crippen molar-refractivity contribution in [1.82, 2.24) is 0 Å². The summed E-state index contributed by atoms with van der Waals surface area (Å²) in [5, 5.41) is 9.21. The minimum Gasteiger partial charge on any atom is -0.413 e. The number of rotatable bonds is 3. The van der Waals surface area contributed by atoms with Gasteiger partial charge in [0, 0.05) is 6.42 Å². The number of nitrogens with zero attached hydrogens (tertiary/aromatic N) is 1. The Bertz CT molecular complexity index is 321. The Kier molecular flexibility index (Phi) is 4.02. The van der Waals surface area contributed by atoms with Gasteiger partial charge in [-0.15, -0.1) is 0 Å². The topological polar surface area (TPSA) is 42.2 Å². The van der Waals surface area contributed by atoms with Gasteiger partial charge in [0.15, 0.2) is 13.9 Å². The van der Waals surface area contributed by atoms with Crippen molar-refractivity contribution in [2.45, 2.75) is 57.1 Å². The fourth-order valence-corrected chi connectivity index (χ4v) is 2.48. The molecule has 98 valence electrons. The van der Waals surface area contributed by atoms with Gasteiger partial charge in [0.25, 0.3) is 0 Å². The van der Waals surface area contributed by atoms with Crippen LogP contribution in [0.3, 0.4) is 0 Å². The van der Waals surface area contributed by atoms with Crippen molar-refractivity contribution < 1.29 is 13.6 Å². The first-order valence-corrected chi connectivity index (χ1v) is 8.86. The Morgan fingerprint density at radius 2 is 2.12 bits per heavy atom. The third kappa shape index (κ3) is 3.27. The summed E-state index contributed by atoms with van der Waals surface area (Å²) < 4.78 is 24.4. The fraction of sp³-hybridized carbons (Fsp3) is 0.917. The maximum absolute atomic E-state index is 13.1. The van der Waals surface area contributed by atoms with E-state index in [0.717, 1.165) is 0 Å². The minimum absolute atomic E-state index is 0.00836. The van der Waals surface area contributed by atoms with Gasteiger partial charge >= 0.3 is 0 Å². The number of ether oxygens (including phenoxy) is 1. The van der Waals surface area contributed by atoms with Crippen molar-refractivity contribution >= 4 is 8.32 Å². The SMILES string of the molecule is CC(C)(C)[Si](C)(C)OCC1(C#N)CC(F)CO1. The Morgan fingerprint density at radius 3 is 2.47 bits per heavy atom. The second kappa shape index (κ2) is 4.67. The molecule has 0 aromatic carbocycles. The molecule has 0 radical (unpaired) electrons. The van der Waals surface area contributed by atoms with E-state index in [1.807, 2.05) is 0 Å². The van der Waals surface area contributed by atoms with Crippen molar-refractivity contribution in [2.24, 2.45) is 0 Å². The number of hydrogen-bond donors (Lipinski definition) is 0. The van der Waals surface area contributed by atoms with Gasteiger partial charge in [-0.2, -0.15) is 5.26 Å². The number of halogens is 1. The van der Waals surface area contributed by atoms with Crippen LogP contribution >= 0.6 is 0 Å². The van der Waals surface area contributed by atoms with E-state index < -0.39 is 20.1 Å². The van der Waals surface area contributed by atoms with E-state index in [9.17, 15) is 4.39 Å². The second-order valence-corrected chi connectivity index (χ2v) is 11.1. The zero-order valence-electron chi connectivity index (χ0n) is 11.3. The maximum Gasteiger partial charge on any atom is 0.192 e. The largest absolute Gasteiger partial charge is 0.413 e. The zero-order chi connectivity index (χ0) is 13.3. The van der Waals surface area contributed by atoms with Gasteiger partial charge in [-0.25, -0.2) is 4.39 Å². The predicted octanol–water partition coefficient (Wildman–Crippen LogP) is 3.03. The Labute approximate surface area is 104 Å². The lowest BCUT2D eigenvalue weighted by molar-refractivity contribution is 0.00754. The molecule has 2 unspecified atom stereocenters. The van der Waals surface area contributed by atoms with Crippen LogP contribution in [-0.2, 0) is 9.16 Å². The van der Waals surface area contributed by atoms with E-state index in [1.54, 1.807) is 0 Å². The third-order valence-corrected chi connectivity index (χ3v) is 8.25. The Balaban J connectivity index is 2.64. The molecule has 0 bridgehead atoms. The highest BCUT2D eigenvalue weighted by molar-refractivity contribution is 6.74. The van der Waals surface area contributed by atoms with Crippen molar-refractivity contribution in [3.05, 3.63) is 0 Å². The molecule has 17 heavy (non-hydrogen) atoms. The number of alkyl halides is 1. The molecule has 0 saturated carbocycles. The van der Waals surface area contributed by atoms with E-state index in [0.29, 0.717) is 0 Å². The molecule has 0 aromatic heterocycles. The summed E-state index contributed by atoms with van der Waals surface area (Å²) in [5.41, 5.74) is -1.07. The first kappa shape index (κ1) is 14.6. The van der Waals surface area contributed by atoms with Crippen LogP contribution in [0.15, 0.2) is 0 Å². The fourth-order valence-electron chi connectivity index (χ4n) is 1.45. The molecule has 1 aliphatic heterocycles. The lowest BCUT2D eigenvalue weighted by Gasteiger charge is -2.37. The molecule has 0 N–H and O–H groups in total. The van der Waals surface area contributed by atoms with Gasteiger partial charge in [-0.05, 0) is 18.1 Å². The molecule has 1 rings (SSSR count). The monoisotopic (exact) mass is 259 g/mol. The molecule has 1 saturated heterocycles. The van der Waals surface area contributed by atoms with Gasteiger partial charge in [0.05, 0.1) is 13.2 Å². The van der Waals surface area contributed by atoms with Crippen LogP contribution in [0.2, 0.25) is 18.1 Å². The molecular weight excluding hydrogens is 237 g/mol. The van der Waals surface area contributed by atoms with Gasteiger partial charge in [-0.1, -0.05) is 20.8 Å². The highest BCUT2D eigenvalue weighted by Crippen LogP contribution is 2.38. The molecule has 1 fully saturated rings. The van der Waals surface area contributed by atoms with E-state index in [2.05, 4.69) is 39.9 Å². The summed E-state index contributed by atoms with van der Waals surface area (Å²) in [6.45, 7) is 10.8. The first-order valence-electron chi connectivity index (χ1n) is 5.95. The summed E-state index contributed by atoms with van der Waals surface area (Å²) >= 11 is 0. The van der Waals surface area contributed by atoms with Gasteiger partial charge in [0.2, 0.25) is 0 Å². The molecular formula is C12H22FNO2Si. The Hall–Kier alpha value is -0.443. The summed E-state index contributed by atoms with van der Waals surface area (Å²) in [6.07, 6.45) is -0.921. The van der Waals surface area contributed by atoms with Crippen LogP contribution in [-0.4, -0.2) is 33.3 Å². The molecule has 3 nitrogen and oxygen atoms in total. The molecule has 0 spiro atoms. The van der Waals surface area contributed by atoms with Crippen LogP contribution in [0.25, 0.3) is 0 Å². The van der Waals surface area contributed by atoms with E-state index in [1.165, 1.54) is 0 Å². The van der Waals surface area contributed by atoms with Gasteiger partial charge in [0.1, 0.15) is 12.2 Å². The molecule has 1 aliphatic rings. The normalized spacial score (nSPS) is 30.3. The molecule has 0 aromatic rings. The lowest BCUT2D eigenvalue weighted by Crippen LogP contribution is -2.45. The molecule has 2 atom stereocenters. The minimum atomic E-state index is -1.91. The average molecular weight is 259 g/mol. The molecule has 0 aliphatic carbocycles. The van der Waals surface area contributed by atoms with E-state index >= 15 is 0 Å². The zero-order valence-corrected chi connectivity index (χ0v) is 12.3. The Morgan fingerprint density at radius 1 is 1.53 bits per heavy atom. The summed E-state index contributed by atoms with van der Waals surface area (Å²) in [5.74, 6) is 0. The summed E-state index contributed by atoms with van der Waals surface area (Å²) in [7, 11) is -1.91. The van der Waals surface area contributed by atoms with E-state index in [4.69, 9.17) is 14.4 Å². The number of hydrogen-bond acceptors (Lipinski definition) is 3. The summed E-state index contributed by atoms with van der Waals surface area (Å²) in [6, 6.07) is 2.07. The lowest BCUT2D eigenvalue weighted by atomic mass is 10.0. The highest BCUT2D eigenvalue weighted by atomic mass is 28.4. The van der Waals surface area contributed by atoms with Crippen LogP contribution in [0.5, 0.6) is 0 Å². The maximum atomic E-state index is 13.1. The van der Waals surface area contributed by atoms with Crippen LogP contribution in [0.4, 0.5) is 4.39 Å². The quantitative estimate of drug-likeness (QED) is 0.732. The predicted molar refractivity (Wildman–Crippen MR) is 67.0 cm³/mol. The van der Waals surface area contributed by atoms with Crippen LogP contribution in [0, 0.1) is 11.3 Å². The highest BCUT2D eigenvalue weighted by Gasteiger charge is 2.45. The number of nitriles is 1. The van der Waals surface area contributed by atoms with Gasteiger partial charge in [-0.3, -0.25) is 0 Å². The first-order chi connectivity index (χ1) is 7.62. The molecule has 0 amide bonds. The van der Waals surface area contributed by atoms with Gasteiger partial charge < -0.3 is 9.16 Å². The van der Waals surface area contributed by atoms with Crippen LogP contribution < -0.4 is 0 Å². The smallest absolute Gasteiger partial charge is 0.192 e. The summed E-state index contributed by atoms with van der Waals surface area (Å²) in [4.78, 5) is 0. The van der Waals surface area contributed by atoms with Crippen molar-refractivity contribution in [3.8, 4) is 6.07 Å². The molecule has 1 heterocycles. The third-order valence-electron chi connectivity index (χ3n) is 3.77. The second-order valence-electron chi connectivity index (χ2n) is 6.27. The van der Waals surface area contributed by atoms with Crippen molar-refractivity contribution in [1.29, 1.82) is 5.26 Å². The standard InChI is InChI=1S/C12H22FNO2Si/c1-11(2,3)17(4,5)16-9-12(8-14)6-10(13)7-15-12/h10H,6-7,9H2,1-5H3.